The van der Waals surface area contributed by atoms with Crippen LogP contribution in [-0.4, -0.2) is 19.6 Å². The Labute approximate surface area is 99.7 Å². The number of nitrogens with one attached hydrogen (secondary N) is 1. The number of methoxy groups -OCH3 is 1. The summed E-state index contributed by atoms with van der Waals surface area (Å²) in [5.74, 6) is -0.388. The number of benzene rings is 1. The number of fused-ring (bicyclic) bond motifs is 1. The Morgan fingerprint density at radius 2 is 2.38 bits per heavy atom. The highest BCUT2D eigenvalue weighted by Gasteiger charge is 2.25. The number of carbonyl (C=O) groups excluding carboxylic acids is 1. The van der Waals surface area contributed by atoms with Gasteiger partial charge in [-0.3, -0.25) is 4.79 Å². The average molecular weight is 240 g/mol. The molecule has 0 fully saturated rings. The molecule has 2 rings (SSSR count). The largest absolute Gasteiger partial charge is 0.469 e. The second-order valence-corrected chi connectivity index (χ2v) is 4.31. The van der Waals surface area contributed by atoms with E-state index < -0.39 is 0 Å². The Morgan fingerprint density at radius 1 is 1.56 bits per heavy atom. The maximum Gasteiger partial charge on any atom is 0.313 e. The molecule has 3 nitrogen and oxygen atoms in total. The highest BCUT2D eigenvalue weighted by molar-refractivity contribution is 6.30. The molecule has 0 radical (unpaired) electrons. The first-order valence-corrected chi connectivity index (χ1v) is 5.71. The molecule has 1 atom stereocenters. The first-order valence-electron chi connectivity index (χ1n) is 5.33. The molecule has 0 bridgehead atoms. The number of carbonyl (C=O) groups is 1. The van der Waals surface area contributed by atoms with Gasteiger partial charge in [0.15, 0.2) is 0 Å². The molecule has 1 unspecified atom stereocenters. The van der Waals surface area contributed by atoms with Gasteiger partial charge in [0.25, 0.3) is 0 Å². The summed E-state index contributed by atoms with van der Waals surface area (Å²) in [6.45, 7) is 0.877. The lowest BCUT2D eigenvalue weighted by molar-refractivity contribution is -0.142. The normalized spacial score (nSPS) is 19.2. The molecule has 1 aromatic rings. The van der Waals surface area contributed by atoms with E-state index in [9.17, 15) is 4.79 Å². The predicted molar refractivity (Wildman–Crippen MR) is 63.9 cm³/mol. The second-order valence-electron chi connectivity index (χ2n) is 3.88. The van der Waals surface area contributed by atoms with E-state index in [1.54, 1.807) is 0 Å². The first-order chi connectivity index (χ1) is 7.72. The molecule has 0 aliphatic carbocycles. The van der Waals surface area contributed by atoms with E-state index in [4.69, 9.17) is 16.3 Å². The number of anilines is 1. The highest BCUT2D eigenvalue weighted by Crippen LogP contribution is 2.33. The fourth-order valence-corrected chi connectivity index (χ4v) is 2.24. The van der Waals surface area contributed by atoms with Crippen LogP contribution < -0.4 is 5.32 Å². The van der Waals surface area contributed by atoms with Crippen molar-refractivity contribution < 1.29 is 9.53 Å². The molecule has 1 N–H and O–H groups in total. The van der Waals surface area contributed by atoms with Gasteiger partial charge < -0.3 is 10.1 Å². The van der Waals surface area contributed by atoms with E-state index in [0.29, 0.717) is 5.02 Å². The van der Waals surface area contributed by atoms with Crippen LogP contribution in [0, 0.1) is 0 Å². The Balaban J connectivity index is 2.42. The third-order valence-corrected chi connectivity index (χ3v) is 3.09. The molecule has 1 aliphatic rings. The minimum atomic E-state index is -0.200. The molecule has 0 spiro atoms. The van der Waals surface area contributed by atoms with Gasteiger partial charge in [-0.1, -0.05) is 11.6 Å². The van der Waals surface area contributed by atoms with E-state index in [2.05, 4.69) is 5.32 Å². The zero-order valence-electron chi connectivity index (χ0n) is 9.13. The van der Waals surface area contributed by atoms with Crippen LogP contribution in [0.15, 0.2) is 18.2 Å². The molecule has 4 heteroatoms. The number of hydrogen-bond acceptors (Lipinski definition) is 3. The summed E-state index contributed by atoms with van der Waals surface area (Å²) in [4.78, 5) is 11.7. The van der Waals surface area contributed by atoms with E-state index in [0.717, 1.165) is 30.6 Å². The lowest BCUT2D eigenvalue weighted by Gasteiger charge is -2.15. The van der Waals surface area contributed by atoms with Crippen LogP contribution >= 0.6 is 11.6 Å². The van der Waals surface area contributed by atoms with Gasteiger partial charge in [-0.15, -0.1) is 0 Å². The fourth-order valence-electron chi connectivity index (χ4n) is 2.05. The van der Waals surface area contributed by atoms with Gasteiger partial charge in [0.05, 0.1) is 13.0 Å². The van der Waals surface area contributed by atoms with Crippen molar-refractivity contribution in [1.29, 1.82) is 0 Å². The quantitative estimate of drug-likeness (QED) is 0.766. The van der Waals surface area contributed by atoms with Crippen LogP contribution in [0.5, 0.6) is 0 Å². The third-order valence-electron chi connectivity index (χ3n) is 2.86. The maximum atomic E-state index is 11.7. The highest BCUT2D eigenvalue weighted by atomic mass is 35.5. The number of rotatable bonds is 1. The standard InChI is InChI=1S/C12H14ClNO2/c1-16-12(15)9-3-2-6-14-11-5-4-8(13)7-10(9)11/h4-5,7,9,14H,2-3,6H2,1H3. The van der Waals surface area contributed by atoms with Crippen molar-refractivity contribution in [2.45, 2.75) is 18.8 Å². The molecule has 1 aliphatic heterocycles. The van der Waals surface area contributed by atoms with Crippen molar-refractivity contribution in [2.24, 2.45) is 0 Å². The maximum absolute atomic E-state index is 11.7. The molecular weight excluding hydrogens is 226 g/mol. The summed E-state index contributed by atoms with van der Waals surface area (Å²) < 4.78 is 4.83. The van der Waals surface area contributed by atoms with Crippen molar-refractivity contribution >= 4 is 23.3 Å². The van der Waals surface area contributed by atoms with Crippen molar-refractivity contribution in [2.75, 3.05) is 19.0 Å². The van der Waals surface area contributed by atoms with Crippen molar-refractivity contribution in [3.63, 3.8) is 0 Å². The van der Waals surface area contributed by atoms with Crippen molar-refractivity contribution in [3.8, 4) is 0 Å². The Morgan fingerprint density at radius 3 is 3.12 bits per heavy atom. The molecule has 86 valence electrons. The van der Waals surface area contributed by atoms with Gasteiger partial charge in [-0.2, -0.15) is 0 Å². The van der Waals surface area contributed by atoms with Crippen molar-refractivity contribution in [1.82, 2.24) is 0 Å². The number of halogens is 1. The number of ether oxygens (including phenoxy) is 1. The Hall–Kier alpha value is -1.22. The fraction of sp³-hybridized carbons (Fsp3) is 0.417. The lowest BCUT2D eigenvalue weighted by atomic mass is 9.94. The third kappa shape index (κ3) is 2.14. The topological polar surface area (TPSA) is 38.3 Å². The van der Waals surface area contributed by atoms with Crippen LogP contribution in [0.4, 0.5) is 5.69 Å². The van der Waals surface area contributed by atoms with E-state index >= 15 is 0 Å². The number of esters is 1. The van der Waals surface area contributed by atoms with Gasteiger partial charge >= 0.3 is 5.97 Å². The summed E-state index contributed by atoms with van der Waals surface area (Å²) in [6.07, 6.45) is 1.75. The molecule has 1 aromatic carbocycles. The lowest BCUT2D eigenvalue weighted by Crippen LogP contribution is -2.14. The molecule has 0 saturated heterocycles. The van der Waals surface area contributed by atoms with Gasteiger partial charge in [0.1, 0.15) is 0 Å². The monoisotopic (exact) mass is 239 g/mol. The average Bonchev–Trinajstić information content (AvgIpc) is 2.50. The van der Waals surface area contributed by atoms with Crippen LogP contribution in [0.1, 0.15) is 24.3 Å². The Bertz CT molecular complexity index is 406. The van der Waals surface area contributed by atoms with Gasteiger partial charge in [0.2, 0.25) is 0 Å². The van der Waals surface area contributed by atoms with E-state index in [1.807, 2.05) is 18.2 Å². The SMILES string of the molecule is COC(=O)C1CCCNc2ccc(Cl)cc21. The predicted octanol–water partition coefficient (Wildman–Crippen LogP) is 2.80. The summed E-state index contributed by atoms with van der Waals surface area (Å²) in [6, 6.07) is 5.59. The first kappa shape index (κ1) is 11.3. The van der Waals surface area contributed by atoms with Crippen LogP contribution in [0.2, 0.25) is 5.02 Å². The van der Waals surface area contributed by atoms with Crippen LogP contribution in [-0.2, 0) is 9.53 Å². The molecule has 0 amide bonds. The smallest absolute Gasteiger partial charge is 0.313 e. The molecule has 1 heterocycles. The second kappa shape index (κ2) is 4.74. The molecule has 0 saturated carbocycles. The summed E-state index contributed by atoms with van der Waals surface area (Å²) in [7, 11) is 1.42. The van der Waals surface area contributed by atoms with E-state index in [-0.39, 0.29) is 11.9 Å². The summed E-state index contributed by atoms with van der Waals surface area (Å²) in [5, 5.41) is 3.94. The van der Waals surface area contributed by atoms with Gasteiger partial charge in [0, 0.05) is 17.3 Å². The van der Waals surface area contributed by atoms with Gasteiger partial charge in [-0.05, 0) is 36.6 Å². The molecular formula is C12H14ClNO2. The number of hydrogen-bond donors (Lipinski definition) is 1. The van der Waals surface area contributed by atoms with Crippen molar-refractivity contribution in [3.05, 3.63) is 28.8 Å². The van der Waals surface area contributed by atoms with E-state index in [1.165, 1.54) is 7.11 Å². The Kier molecular flexibility index (Phi) is 3.34. The minimum absolute atomic E-state index is 0.188. The zero-order chi connectivity index (χ0) is 11.5. The summed E-state index contributed by atoms with van der Waals surface area (Å²) >= 11 is 5.96. The van der Waals surface area contributed by atoms with Gasteiger partial charge in [-0.25, -0.2) is 0 Å². The van der Waals surface area contributed by atoms with Crippen LogP contribution in [0.25, 0.3) is 0 Å². The van der Waals surface area contributed by atoms with Crippen LogP contribution in [0.3, 0.4) is 0 Å². The zero-order valence-corrected chi connectivity index (χ0v) is 9.88. The molecule has 0 aromatic heterocycles. The summed E-state index contributed by atoms with van der Waals surface area (Å²) in [5.41, 5.74) is 1.93. The minimum Gasteiger partial charge on any atom is -0.469 e. The molecule has 16 heavy (non-hydrogen) atoms.